The molecule has 0 saturated carbocycles. The van der Waals surface area contributed by atoms with Crippen LogP contribution in [0.2, 0.25) is 0 Å². The largest absolute Gasteiger partial charge is 0.493 e. The Morgan fingerprint density at radius 2 is 1.85 bits per heavy atom. The van der Waals surface area contributed by atoms with E-state index in [0.717, 1.165) is 24.6 Å². The lowest BCUT2D eigenvalue weighted by Gasteiger charge is -2.21. The molecule has 1 aliphatic rings. The standard InChI is InChI=1S/C19H32N4O3/c1-6-20-19(22-13-15-8-7-9-23(15)2)21-12-14-10-16(24-3)18(26-5)17(11-14)25-4/h10-11,15H,6-9,12-13H2,1-5H3,(H2,20,21,22). The van der Waals surface area contributed by atoms with Crippen LogP contribution in [0.4, 0.5) is 0 Å². The molecular weight excluding hydrogens is 332 g/mol. The van der Waals surface area contributed by atoms with Gasteiger partial charge in [0.05, 0.1) is 27.9 Å². The van der Waals surface area contributed by atoms with Crippen molar-refractivity contribution >= 4 is 5.96 Å². The van der Waals surface area contributed by atoms with E-state index >= 15 is 0 Å². The zero-order valence-corrected chi connectivity index (χ0v) is 16.6. The van der Waals surface area contributed by atoms with E-state index in [-0.39, 0.29) is 0 Å². The van der Waals surface area contributed by atoms with Gasteiger partial charge in [-0.2, -0.15) is 0 Å². The van der Waals surface area contributed by atoms with Crippen molar-refractivity contribution in [1.29, 1.82) is 0 Å². The highest BCUT2D eigenvalue weighted by atomic mass is 16.5. The van der Waals surface area contributed by atoms with Crippen LogP contribution < -0.4 is 24.8 Å². The Bertz CT molecular complexity index is 581. The van der Waals surface area contributed by atoms with Gasteiger partial charge in [-0.05, 0) is 51.1 Å². The predicted octanol–water partition coefficient (Wildman–Crippen LogP) is 1.86. The average molecular weight is 364 g/mol. The van der Waals surface area contributed by atoms with E-state index in [1.54, 1.807) is 21.3 Å². The van der Waals surface area contributed by atoms with Crippen LogP contribution in [-0.4, -0.2) is 64.9 Å². The third-order valence-electron chi connectivity index (χ3n) is 4.67. The molecule has 0 radical (unpaired) electrons. The molecule has 1 fully saturated rings. The fraction of sp³-hybridized carbons (Fsp3) is 0.632. The number of methoxy groups -OCH3 is 3. The summed E-state index contributed by atoms with van der Waals surface area (Å²) in [5, 5.41) is 6.76. The van der Waals surface area contributed by atoms with Crippen LogP contribution in [0.25, 0.3) is 0 Å². The molecule has 1 atom stereocenters. The van der Waals surface area contributed by atoms with Gasteiger partial charge in [0.25, 0.3) is 0 Å². The molecule has 0 aliphatic carbocycles. The van der Waals surface area contributed by atoms with E-state index in [9.17, 15) is 0 Å². The van der Waals surface area contributed by atoms with Gasteiger partial charge in [-0.1, -0.05) is 0 Å². The number of rotatable bonds is 8. The molecule has 2 rings (SSSR count). The fourth-order valence-corrected chi connectivity index (χ4v) is 3.19. The van der Waals surface area contributed by atoms with E-state index < -0.39 is 0 Å². The van der Waals surface area contributed by atoms with Crippen molar-refractivity contribution < 1.29 is 14.2 Å². The smallest absolute Gasteiger partial charge is 0.203 e. The number of likely N-dealkylation sites (N-methyl/N-ethyl adjacent to an activating group) is 1. The number of guanidine groups is 1. The molecule has 1 aliphatic heterocycles. The minimum Gasteiger partial charge on any atom is -0.493 e. The van der Waals surface area contributed by atoms with E-state index in [0.29, 0.717) is 29.8 Å². The van der Waals surface area contributed by atoms with Gasteiger partial charge < -0.3 is 29.7 Å². The van der Waals surface area contributed by atoms with Gasteiger partial charge in [-0.3, -0.25) is 0 Å². The van der Waals surface area contributed by atoms with E-state index in [1.807, 2.05) is 12.1 Å². The van der Waals surface area contributed by atoms with E-state index in [2.05, 4.69) is 29.5 Å². The van der Waals surface area contributed by atoms with Crippen molar-refractivity contribution in [3.05, 3.63) is 17.7 Å². The molecule has 7 nitrogen and oxygen atoms in total. The molecule has 1 aromatic carbocycles. The summed E-state index contributed by atoms with van der Waals surface area (Å²) in [7, 11) is 7.02. The maximum atomic E-state index is 5.41. The summed E-state index contributed by atoms with van der Waals surface area (Å²) in [5.74, 6) is 2.70. The third kappa shape index (κ3) is 5.17. The summed E-state index contributed by atoms with van der Waals surface area (Å²) < 4.78 is 16.2. The highest BCUT2D eigenvalue weighted by Gasteiger charge is 2.20. The summed E-state index contributed by atoms with van der Waals surface area (Å²) in [6, 6.07) is 4.43. The Hall–Kier alpha value is -2.15. The number of likely N-dealkylation sites (tertiary alicyclic amines) is 1. The summed E-state index contributed by atoms with van der Waals surface area (Å²) in [6.45, 7) is 5.48. The lowest BCUT2D eigenvalue weighted by molar-refractivity contribution is 0.309. The van der Waals surface area contributed by atoms with Crippen LogP contribution in [0.1, 0.15) is 25.3 Å². The van der Waals surface area contributed by atoms with Crippen molar-refractivity contribution in [1.82, 2.24) is 15.5 Å². The second-order valence-corrected chi connectivity index (χ2v) is 6.39. The van der Waals surface area contributed by atoms with Gasteiger partial charge in [0.1, 0.15) is 0 Å². The number of aliphatic imine (C=N–C) groups is 1. The maximum absolute atomic E-state index is 5.41. The Kier molecular flexibility index (Phi) is 7.84. The first-order valence-corrected chi connectivity index (χ1v) is 9.14. The first kappa shape index (κ1) is 20.2. The molecule has 1 heterocycles. The zero-order chi connectivity index (χ0) is 18.9. The molecule has 1 saturated heterocycles. The first-order chi connectivity index (χ1) is 12.6. The molecule has 2 N–H and O–H groups in total. The van der Waals surface area contributed by atoms with Crippen LogP contribution in [-0.2, 0) is 6.54 Å². The molecule has 1 aromatic rings. The van der Waals surface area contributed by atoms with Crippen molar-refractivity contribution in [2.24, 2.45) is 4.99 Å². The number of benzene rings is 1. The molecule has 146 valence electrons. The van der Waals surface area contributed by atoms with Gasteiger partial charge in [-0.15, -0.1) is 0 Å². The van der Waals surface area contributed by atoms with Gasteiger partial charge in [-0.25, -0.2) is 4.99 Å². The van der Waals surface area contributed by atoms with Crippen LogP contribution >= 0.6 is 0 Å². The van der Waals surface area contributed by atoms with Crippen LogP contribution in [0, 0.1) is 0 Å². The van der Waals surface area contributed by atoms with Crippen molar-refractivity contribution in [3.63, 3.8) is 0 Å². The summed E-state index contributed by atoms with van der Waals surface area (Å²) in [4.78, 5) is 7.10. The Morgan fingerprint density at radius 1 is 1.15 bits per heavy atom. The Morgan fingerprint density at radius 3 is 2.35 bits per heavy atom. The third-order valence-corrected chi connectivity index (χ3v) is 4.67. The highest BCUT2D eigenvalue weighted by Crippen LogP contribution is 2.38. The molecular formula is C19H32N4O3. The minimum atomic E-state index is 0.520. The second-order valence-electron chi connectivity index (χ2n) is 6.39. The normalized spacial score (nSPS) is 17.9. The van der Waals surface area contributed by atoms with Crippen LogP contribution in [0.3, 0.4) is 0 Å². The maximum Gasteiger partial charge on any atom is 0.203 e. The highest BCUT2D eigenvalue weighted by molar-refractivity contribution is 5.79. The molecule has 0 bridgehead atoms. The lowest BCUT2D eigenvalue weighted by atomic mass is 10.2. The molecule has 0 spiro atoms. The summed E-state index contributed by atoms with van der Waals surface area (Å²) in [5.41, 5.74) is 0.995. The van der Waals surface area contributed by atoms with Crippen molar-refractivity contribution in [3.8, 4) is 17.2 Å². The average Bonchev–Trinajstić information content (AvgIpc) is 3.07. The van der Waals surface area contributed by atoms with Crippen molar-refractivity contribution in [2.75, 3.05) is 48.0 Å². The van der Waals surface area contributed by atoms with Crippen LogP contribution in [0.15, 0.2) is 17.1 Å². The van der Waals surface area contributed by atoms with Gasteiger partial charge in [0, 0.05) is 19.1 Å². The molecule has 7 heteroatoms. The van der Waals surface area contributed by atoms with Crippen molar-refractivity contribution in [2.45, 2.75) is 32.4 Å². The number of nitrogens with zero attached hydrogens (tertiary/aromatic N) is 2. The lowest BCUT2D eigenvalue weighted by Crippen LogP contribution is -2.44. The molecule has 26 heavy (non-hydrogen) atoms. The van der Waals surface area contributed by atoms with Gasteiger partial charge in [0.15, 0.2) is 17.5 Å². The quantitative estimate of drug-likeness (QED) is 0.542. The number of hydrogen-bond acceptors (Lipinski definition) is 5. The fourth-order valence-electron chi connectivity index (χ4n) is 3.19. The topological polar surface area (TPSA) is 67.4 Å². The second kappa shape index (κ2) is 10.1. The van der Waals surface area contributed by atoms with E-state index in [4.69, 9.17) is 19.2 Å². The Balaban J connectivity index is 2.08. The number of hydrogen-bond donors (Lipinski definition) is 2. The molecule has 0 aromatic heterocycles. The summed E-state index contributed by atoms with van der Waals surface area (Å²) >= 11 is 0. The summed E-state index contributed by atoms with van der Waals surface area (Å²) in [6.07, 6.45) is 2.50. The molecule has 0 amide bonds. The number of ether oxygens (including phenoxy) is 3. The molecule has 1 unspecified atom stereocenters. The zero-order valence-electron chi connectivity index (χ0n) is 16.6. The Labute approximate surface area is 156 Å². The van der Waals surface area contributed by atoms with Gasteiger partial charge in [0.2, 0.25) is 5.75 Å². The monoisotopic (exact) mass is 364 g/mol. The van der Waals surface area contributed by atoms with Crippen LogP contribution in [0.5, 0.6) is 17.2 Å². The van der Waals surface area contributed by atoms with E-state index in [1.165, 1.54) is 19.4 Å². The SMILES string of the molecule is CCNC(=NCc1cc(OC)c(OC)c(OC)c1)NCC1CCCN1C. The minimum absolute atomic E-state index is 0.520. The predicted molar refractivity (Wildman–Crippen MR) is 105 cm³/mol. The first-order valence-electron chi connectivity index (χ1n) is 9.14. The number of nitrogens with one attached hydrogen (secondary N) is 2. The van der Waals surface area contributed by atoms with Gasteiger partial charge >= 0.3 is 0 Å².